The normalized spacial score (nSPS) is 12.0. The molecule has 0 aromatic carbocycles. The predicted molar refractivity (Wildman–Crippen MR) is 108 cm³/mol. The van der Waals surface area contributed by atoms with Gasteiger partial charge >= 0.3 is 12.0 Å². The fourth-order valence-electron chi connectivity index (χ4n) is 2.71. The molecule has 0 saturated heterocycles. The number of aromatic nitrogens is 4. The van der Waals surface area contributed by atoms with Crippen LogP contribution in [0.25, 0.3) is 11.6 Å². The van der Waals surface area contributed by atoms with Crippen LogP contribution in [0.2, 0.25) is 0 Å². The molecule has 2 heterocycles. The zero-order valence-electron chi connectivity index (χ0n) is 18.8. The second kappa shape index (κ2) is 10.9. The number of quaternary nitrogens is 2. The van der Waals surface area contributed by atoms with Crippen LogP contribution in [0.15, 0.2) is 9.05 Å². The fourth-order valence-corrected chi connectivity index (χ4v) is 2.71. The van der Waals surface area contributed by atoms with Crippen LogP contribution in [0.1, 0.15) is 12.8 Å². The van der Waals surface area contributed by atoms with E-state index in [1.807, 2.05) is 28.2 Å². The van der Waals surface area contributed by atoms with Gasteiger partial charge < -0.3 is 48.4 Å². The minimum Gasteiger partial charge on any atom is -0.550 e. The van der Waals surface area contributed by atoms with Crippen LogP contribution in [0.3, 0.4) is 0 Å². The van der Waals surface area contributed by atoms with E-state index in [2.05, 4.69) is 30.9 Å². The third-order valence-corrected chi connectivity index (χ3v) is 4.88. The summed E-state index contributed by atoms with van der Waals surface area (Å²) in [4.78, 5) is 29.6. The molecular weight excluding hydrogens is 424 g/mol. The number of nitrogens with one attached hydrogen (secondary N) is 2. The number of anilines is 2. The molecule has 32 heavy (non-hydrogen) atoms. The number of carbonyl (C=O) groups excluding carboxylic acids is 2. The Bertz CT molecular complexity index is 821. The molecule has 0 aliphatic carbocycles. The van der Waals surface area contributed by atoms with Gasteiger partial charge in [-0.1, -0.05) is 10.3 Å². The predicted octanol–water partition coefficient (Wildman–Crippen LogP) is -2.62. The standard InChI is InChI=1S/C18H30N8O6/c1-25(2,9-5-13(27)28)11-7-19-17-21-15(23-31-17)16-22-18(32-24-16)20-8-12-26(3,4)10-6-14(29)30/h5-12H2,1-4H3,(H2-2,19,20,21,22,23,24,27,28,29,30). The summed E-state index contributed by atoms with van der Waals surface area (Å²) in [5, 5.41) is 34.8. The Labute approximate surface area is 185 Å². The molecule has 14 heteroatoms. The molecule has 0 bridgehead atoms. The molecule has 0 amide bonds. The fraction of sp³-hybridized carbons (Fsp3) is 0.667. The maximum absolute atomic E-state index is 10.6. The van der Waals surface area contributed by atoms with E-state index >= 15 is 0 Å². The molecule has 14 nitrogen and oxygen atoms in total. The monoisotopic (exact) mass is 454 g/mol. The number of likely N-dealkylation sites (N-methyl/N-ethyl adjacent to an activating group) is 2. The number of hydrogen-bond acceptors (Lipinski definition) is 12. The maximum atomic E-state index is 10.6. The Kier molecular flexibility index (Phi) is 8.48. The average Bonchev–Trinajstić information content (AvgIpc) is 3.34. The van der Waals surface area contributed by atoms with Gasteiger partial charge in [-0.15, -0.1) is 0 Å². The van der Waals surface area contributed by atoms with Gasteiger partial charge in [0.15, 0.2) is 0 Å². The van der Waals surface area contributed by atoms with E-state index < -0.39 is 11.9 Å². The third kappa shape index (κ3) is 8.85. The van der Waals surface area contributed by atoms with Crippen molar-refractivity contribution >= 4 is 24.0 Å². The number of carboxylic acids is 2. The first-order valence-corrected chi connectivity index (χ1v) is 10.1. The van der Waals surface area contributed by atoms with Gasteiger partial charge in [-0.05, 0) is 0 Å². The molecular formula is C18H30N8O6. The number of rotatable bonds is 15. The Balaban J connectivity index is 1.79. The van der Waals surface area contributed by atoms with E-state index in [0.717, 1.165) is 0 Å². The molecule has 0 fully saturated rings. The van der Waals surface area contributed by atoms with E-state index in [4.69, 9.17) is 9.05 Å². The van der Waals surface area contributed by atoms with Gasteiger partial charge in [0, 0.05) is 24.8 Å². The number of hydrogen-bond donors (Lipinski definition) is 2. The number of aliphatic carboxylic acids is 2. The molecule has 2 aromatic heterocycles. The molecule has 0 spiro atoms. The smallest absolute Gasteiger partial charge is 0.322 e. The number of carboxylic acid groups (broad SMARTS) is 2. The largest absolute Gasteiger partial charge is 0.550 e. The zero-order chi connectivity index (χ0) is 23.8. The quantitative estimate of drug-likeness (QED) is 0.268. The highest BCUT2D eigenvalue weighted by Crippen LogP contribution is 2.16. The molecule has 0 atom stereocenters. The zero-order valence-corrected chi connectivity index (χ0v) is 18.8. The van der Waals surface area contributed by atoms with Crippen LogP contribution in [-0.4, -0.2) is 109 Å². The van der Waals surface area contributed by atoms with Gasteiger partial charge in [-0.3, -0.25) is 0 Å². The van der Waals surface area contributed by atoms with Crippen molar-refractivity contribution in [2.75, 3.05) is 78.1 Å². The summed E-state index contributed by atoms with van der Waals surface area (Å²) in [5.74, 6) is -1.84. The van der Waals surface area contributed by atoms with Gasteiger partial charge in [0.25, 0.3) is 0 Å². The first kappa shape index (κ1) is 25.0. The van der Waals surface area contributed by atoms with Gasteiger partial charge in [0.1, 0.15) is 0 Å². The van der Waals surface area contributed by atoms with Crippen LogP contribution in [0, 0.1) is 0 Å². The van der Waals surface area contributed by atoms with Gasteiger partial charge in [-0.25, -0.2) is 0 Å². The Morgan fingerprint density at radius 2 is 1.12 bits per heavy atom. The summed E-state index contributed by atoms with van der Waals surface area (Å²) >= 11 is 0. The second-order valence-electron chi connectivity index (χ2n) is 8.71. The first-order chi connectivity index (χ1) is 15.0. The third-order valence-electron chi connectivity index (χ3n) is 4.88. The first-order valence-electron chi connectivity index (χ1n) is 10.1. The molecule has 0 radical (unpaired) electrons. The Morgan fingerprint density at radius 1 is 0.750 bits per heavy atom. The average molecular weight is 454 g/mol. The van der Waals surface area contributed by atoms with Crippen molar-refractivity contribution in [3.63, 3.8) is 0 Å². The summed E-state index contributed by atoms with van der Waals surface area (Å²) in [7, 11) is 7.67. The maximum Gasteiger partial charge on any atom is 0.322 e. The SMILES string of the molecule is C[N+](C)(CCNc1nc(-c2noc(NCC[N+](C)(C)CCC(=O)[O-])n2)no1)CCC(=O)[O-]. The Hall–Kier alpha value is -3.26. The summed E-state index contributed by atoms with van der Waals surface area (Å²) in [6.07, 6.45) is -0.0234. The molecule has 2 aromatic rings. The van der Waals surface area contributed by atoms with Crippen molar-refractivity contribution in [1.82, 2.24) is 20.3 Å². The molecule has 0 aliphatic rings. The highest BCUT2D eigenvalue weighted by Gasteiger charge is 2.19. The lowest BCUT2D eigenvalue weighted by Crippen LogP contribution is -2.45. The van der Waals surface area contributed by atoms with E-state index in [9.17, 15) is 19.8 Å². The van der Waals surface area contributed by atoms with Crippen LogP contribution in [0.5, 0.6) is 0 Å². The minimum atomic E-state index is -1.07. The molecule has 2 N–H and O–H groups in total. The van der Waals surface area contributed by atoms with Crippen molar-refractivity contribution in [3.05, 3.63) is 0 Å². The minimum absolute atomic E-state index is 0.0117. The molecule has 0 unspecified atom stereocenters. The highest BCUT2D eigenvalue weighted by molar-refractivity contribution is 5.64. The molecule has 0 aliphatic heterocycles. The van der Waals surface area contributed by atoms with E-state index in [0.29, 0.717) is 48.2 Å². The van der Waals surface area contributed by atoms with Crippen molar-refractivity contribution in [1.29, 1.82) is 0 Å². The van der Waals surface area contributed by atoms with Crippen molar-refractivity contribution in [3.8, 4) is 11.6 Å². The van der Waals surface area contributed by atoms with Crippen LogP contribution < -0.4 is 20.8 Å². The van der Waals surface area contributed by atoms with Crippen LogP contribution >= 0.6 is 0 Å². The molecule has 2 rings (SSSR count). The summed E-state index contributed by atoms with van der Waals surface area (Å²) in [5.41, 5.74) is 0. The lowest BCUT2D eigenvalue weighted by Gasteiger charge is -2.29. The van der Waals surface area contributed by atoms with Gasteiger partial charge in [0.05, 0.1) is 67.5 Å². The van der Waals surface area contributed by atoms with E-state index in [-0.39, 0.29) is 36.5 Å². The number of nitrogens with zero attached hydrogens (tertiary/aromatic N) is 6. The second-order valence-corrected chi connectivity index (χ2v) is 8.71. The van der Waals surface area contributed by atoms with Crippen molar-refractivity contribution < 1.29 is 37.8 Å². The summed E-state index contributed by atoms with van der Waals surface area (Å²) < 4.78 is 11.2. The molecule has 178 valence electrons. The highest BCUT2D eigenvalue weighted by atomic mass is 16.5. The summed E-state index contributed by atoms with van der Waals surface area (Å²) in [6.45, 7) is 3.16. The van der Waals surface area contributed by atoms with Crippen molar-refractivity contribution in [2.45, 2.75) is 12.8 Å². The van der Waals surface area contributed by atoms with Crippen molar-refractivity contribution in [2.24, 2.45) is 0 Å². The molecule has 0 saturated carbocycles. The number of carbonyl (C=O) groups is 2. The van der Waals surface area contributed by atoms with Gasteiger partial charge in [0.2, 0.25) is 11.6 Å². The van der Waals surface area contributed by atoms with E-state index in [1.54, 1.807) is 0 Å². The van der Waals surface area contributed by atoms with Gasteiger partial charge in [-0.2, -0.15) is 9.97 Å². The summed E-state index contributed by atoms with van der Waals surface area (Å²) in [6, 6.07) is 0.373. The lowest BCUT2D eigenvalue weighted by molar-refractivity contribution is -0.888. The van der Waals surface area contributed by atoms with E-state index in [1.165, 1.54) is 0 Å². The topological polar surface area (TPSA) is 182 Å². The van der Waals surface area contributed by atoms with Crippen LogP contribution in [0.4, 0.5) is 12.0 Å². The van der Waals surface area contributed by atoms with Crippen LogP contribution in [-0.2, 0) is 9.59 Å². The Morgan fingerprint density at radius 3 is 1.47 bits per heavy atom. The lowest BCUT2D eigenvalue weighted by atomic mass is 10.3.